The third kappa shape index (κ3) is 6.24. The lowest BCUT2D eigenvalue weighted by Crippen LogP contribution is -2.12. The molecular weight excluding hydrogens is 819 g/mol. The molecule has 0 aliphatic heterocycles. The summed E-state index contributed by atoms with van der Waals surface area (Å²) < 4.78 is 13.6. The predicted octanol–water partition coefficient (Wildman–Crippen LogP) is 16.1. The average molecular weight is 864 g/mol. The lowest BCUT2D eigenvalue weighted by atomic mass is 10.0. The average Bonchev–Trinajstić information content (AvgIpc) is 4.11. The molecule has 0 spiro atoms. The van der Waals surface area contributed by atoms with E-state index in [-0.39, 0.29) is 6.04 Å². The third-order valence-corrected chi connectivity index (χ3v) is 13.6. The molecule has 0 aliphatic carbocycles. The maximum absolute atomic E-state index is 6.46. The Morgan fingerprint density at radius 2 is 0.985 bits per heavy atom. The van der Waals surface area contributed by atoms with Gasteiger partial charge in [-0.2, -0.15) is 0 Å². The zero-order chi connectivity index (χ0) is 44.6. The fourth-order valence-corrected chi connectivity index (χ4v) is 10.7. The van der Waals surface area contributed by atoms with E-state index in [4.69, 9.17) is 14.4 Å². The number of amidine groups is 1. The van der Waals surface area contributed by atoms with Gasteiger partial charge in [0.1, 0.15) is 17.0 Å². The van der Waals surface area contributed by atoms with Gasteiger partial charge in [-0.1, -0.05) is 141 Å². The quantitative estimate of drug-likeness (QED) is 0.116. The van der Waals surface area contributed by atoms with Crippen LogP contribution in [0.1, 0.15) is 43.9 Å². The number of fused-ring (bicyclic) bond motifs is 12. The number of aliphatic imine (C=N–C) groups is 2. The Labute approximate surface area is 387 Å². The van der Waals surface area contributed by atoms with Crippen molar-refractivity contribution in [3.63, 3.8) is 0 Å². The highest BCUT2D eigenvalue weighted by atomic mass is 16.3. The highest BCUT2D eigenvalue weighted by molar-refractivity contribution is 6.20. The fraction of sp³-hybridized carbons (Fsp3) is 0.0820. The van der Waals surface area contributed by atoms with Crippen LogP contribution < -0.4 is 0 Å². The van der Waals surface area contributed by atoms with E-state index in [9.17, 15) is 0 Å². The van der Waals surface area contributed by atoms with Crippen molar-refractivity contribution < 1.29 is 4.42 Å². The Hall–Kier alpha value is -8.48. The first kappa shape index (κ1) is 38.9. The molecule has 0 radical (unpaired) electrons. The molecule has 4 aromatic heterocycles. The largest absolute Gasteiger partial charge is 0.456 e. The van der Waals surface area contributed by atoms with Crippen molar-refractivity contribution in [3.05, 3.63) is 217 Å². The number of hydrogen-bond donors (Lipinski definition) is 0. The van der Waals surface area contributed by atoms with Crippen LogP contribution in [0.5, 0.6) is 0 Å². The number of para-hydroxylation sites is 6. The van der Waals surface area contributed by atoms with Gasteiger partial charge < -0.3 is 13.6 Å². The summed E-state index contributed by atoms with van der Waals surface area (Å²) in [7, 11) is 0. The van der Waals surface area contributed by atoms with Gasteiger partial charge in [0, 0.05) is 60.0 Å². The van der Waals surface area contributed by atoms with Crippen LogP contribution in [0.25, 0.3) is 98.7 Å². The maximum atomic E-state index is 6.46. The number of hydrogen-bond acceptors (Lipinski definition) is 2. The molecule has 4 heterocycles. The molecule has 0 bridgehead atoms. The minimum absolute atomic E-state index is 0.179. The van der Waals surface area contributed by atoms with Gasteiger partial charge in [0.15, 0.2) is 5.84 Å². The topological polar surface area (TPSA) is 52.6 Å². The van der Waals surface area contributed by atoms with Gasteiger partial charge in [0.2, 0.25) is 0 Å². The molecule has 6 heteroatoms. The van der Waals surface area contributed by atoms with E-state index in [0.717, 1.165) is 79.7 Å². The minimum atomic E-state index is -0.179. The smallest absolute Gasteiger partial charge is 0.157 e. The molecule has 13 rings (SSSR count). The van der Waals surface area contributed by atoms with E-state index < -0.39 is 0 Å². The molecule has 1 unspecified atom stereocenters. The van der Waals surface area contributed by atoms with Crippen LogP contribution in [0.4, 0.5) is 0 Å². The molecule has 0 N–H and O–H groups in total. The lowest BCUT2D eigenvalue weighted by molar-refractivity contribution is 0.640. The second kappa shape index (κ2) is 15.6. The zero-order valence-electron chi connectivity index (χ0n) is 37.3. The van der Waals surface area contributed by atoms with Crippen molar-refractivity contribution in [2.45, 2.75) is 32.7 Å². The summed E-state index contributed by atoms with van der Waals surface area (Å²) >= 11 is 0. The first-order chi connectivity index (χ1) is 33.1. The van der Waals surface area contributed by atoms with Crippen LogP contribution >= 0.6 is 0 Å². The van der Waals surface area contributed by atoms with E-state index >= 15 is 0 Å². The number of aromatic nitrogens is 3. The molecule has 9 aromatic carbocycles. The lowest BCUT2D eigenvalue weighted by Gasteiger charge is -2.17. The molecule has 0 fully saturated rings. The van der Waals surface area contributed by atoms with Crippen molar-refractivity contribution >= 4 is 99.0 Å². The van der Waals surface area contributed by atoms with Crippen molar-refractivity contribution in [1.82, 2.24) is 13.7 Å². The molecule has 0 aliphatic rings. The van der Waals surface area contributed by atoms with Crippen LogP contribution in [0.3, 0.4) is 0 Å². The van der Waals surface area contributed by atoms with E-state index in [1.165, 1.54) is 48.9 Å². The molecule has 0 amide bonds. The first-order valence-corrected chi connectivity index (χ1v) is 23.3. The number of rotatable bonds is 7. The van der Waals surface area contributed by atoms with E-state index in [2.05, 4.69) is 222 Å². The maximum Gasteiger partial charge on any atom is 0.157 e. The number of furan rings is 1. The van der Waals surface area contributed by atoms with Crippen LogP contribution in [-0.2, 0) is 0 Å². The third-order valence-electron chi connectivity index (χ3n) is 13.6. The van der Waals surface area contributed by atoms with Gasteiger partial charge in [0.05, 0.1) is 39.1 Å². The van der Waals surface area contributed by atoms with Crippen LogP contribution in [-0.4, -0.2) is 25.4 Å². The number of benzene rings is 9. The van der Waals surface area contributed by atoms with E-state index in [1.807, 2.05) is 12.1 Å². The van der Waals surface area contributed by atoms with Crippen molar-refractivity contribution in [2.75, 3.05) is 0 Å². The summed E-state index contributed by atoms with van der Waals surface area (Å²) in [6, 6.07) is 73.7. The SMILES string of the molecule is CCCC(/N=C(\N=C(/C)n1c2ccccc2c2ccccc21)c1ccc2c(c1)oc1ccccc12)c1cccc(-n2c3ccccc3c3cc4c5ccccc5n(-c5ccccc5)c4cc32)c1. The molecule has 6 nitrogen and oxygen atoms in total. The van der Waals surface area contributed by atoms with E-state index in [0.29, 0.717) is 5.84 Å². The van der Waals surface area contributed by atoms with Crippen LogP contribution in [0.15, 0.2) is 221 Å². The molecule has 0 saturated carbocycles. The molecule has 320 valence electrons. The van der Waals surface area contributed by atoms with Gasteiger partial charge in [-0.15, -0.1) is 0 Å². The minimum Gasteiger partial charge on any atom is -0.456 e. The molecular formula is C61H45N5O. The van der Waals surface area contributed by atoms with Gasteiger partial charge in [-0.25, -0.2) is 4.99 Å². The van der Waals surface area contributed by atoms with Gasteiger partial charge in [-0.3, -0.25) is 9.56 Å². The Kier molecular flexibility index (Phi) is 9.07. The predicted molar refractivity (Wildman–Crippen MR) is 281 cm³/mol. The van der Waals surface area contributed by atoms with Gasteiger partial charge in [-0.05, 0) is 97.8 Å². The highest BCUT2D eigenvalue weighted by Crippen LogP contribution is 2.40. The summed E-state index contributed by atoms with van der Waals surface area (Å²) in [4.78, 5) is 11.2. The van der Waals surface area contributed by atoms with Gasteiger partial charge >= 0.3 is 0 Å². The van der Waals surface area contributed by atoms with Crippen LogP contribution in [0.2, 0.25) is 0 Å². The first-order valence-electron chi connectivity index (χ1n) is 23.3. The fourth-order valence-electron chi connectivity index (χ4n) is 10.7. The second-order valence-electron chi connectivity index (χ2n) is 17.6. The van der Waals surface area contributed by atoms with E-state index in [1.54, 1.807) is 0 Å². The summed E-state index contributed by atoms with van der Waals surface area (Å²) in [6.45, 7) is 4.34. The molecule has 67 heavy (non-hydrogen) atoms. The summed E-state index contributed by atoms with van der Waals surface area (Å²) in [6.07, 6.45) is 1.79. The molecule has 1 atom stereocenters. The highest BCUT2D eigenvalue weighted by Gasteiger charge is 2.21. The standard InChI is InChI=1S/C61H45N5O/c1-3-18-52(63-61(41-33-34-49-48-27-11-16-32-59(48)67-60(49)36-41)62-39(2)64-53-28-12-7-23-44(53)45-24-8-13-29-54(45)64)40-19-17-22-43(35-40)66-56-31-15-10-26-47(56)51-37-50-46-25-9-14-30-55(46)65(57(50)38-58(51)66)42-20-5-4-6-21-42/h4-17,19-38,52H,3,18H2,1-2H3/b62-39+,63-61-. The molecule has 13 aromatic rings. The van der Waals surface area contributed by atoms with Crippen LogP contribution in [0, 0.1) is 0 Å². The second-order valence-corrected chi connectivity index (χ2v) is 17.6. The van der Waals surface area contributed by atoms with Crippen molar-refractivity contribution in [1.29, 1.82) is 0 Å². The summed E-state index contributed by atoms with van der Waals surface area (Å²) in [5.41, 5.74) is 12.9. The van der Waals surface area contributed by atoms with Crippen molar-refractivity contribution in [2.24, 2.45) is 9.98 Å². The Morgan fingerprint density at radius 1 is 0.448 bits per heavy atom. The van der Waals surface area contributed by atoms with Gasteiger partial charge in [0.25, 0.3) is 0 Å². The normalized spacial score (nSPS) is 13.2. The Morgan fingerprint density at radius 3 is 1.64 bits per heavy atom. The number of nitrogens with zero attached hydrogens (tertiary/aromatic N) is 5. The molecule has 0 saturated heterocycles. The Balaban J connectivity index is 1.01. The Bertz CT molecular complexity index is 4090. The summed E-state index contributed by atoms with van der Waals surface area (Å²) in [5, 5.41) is 9.51. The summed E-state index contributed by atoms with van der Waals surface area (Å²) in [5.74, 6) is 1.51. The van der Waals surface area contributed by atoms with Crippen molar-refractivity contribution in [3.8, 4) is 11.4 Å². The zero-order valence-corrected chi connectivity index (χ0v) is 37.3. The monoisotopic (exact) mass is 863 g/mol.